The van der Waals surface area contributed by atoms with Gasteiger partial charge in [-0.25, -0.2) is 9.78 Å². The number of carbonyl (C=O) groups is 1. The van der Waals surface area contributed by atoms with Crippen LogP contribution in [0.3, 0.4) is 0 Å². The summed E-state index contributed by atoms with van der Waals surface area (Å²) >= 11 is 3.14. The number of esters is 1. The van der Waals surface area contributed by atoms with E-state index in [1.807, 2.05) is 23.7 Å². The number of nitrogens with zero attached hydrogens (tertiary/aromatic N) is 4. The topological polar surface area (TPSA) is 69.4 Å². The van der Waals surface area contributed by atoms with Gasteiger partial charge in [0.05, 0.1) is 12.8 Å². The van der Waals surface area contributed by atoms with Gasteiger partial charge in [-0.15, -0.1) is 10.2 Å². The van der Waals surface area contributed by atoms with E-state index in [1.165, 1.54) is 7.11 Å². The van der Waals surface area contributed by atoms with Crippen molar-refractivity contribution in [3.8, 4) is 0 Å². The number of hydrogen-bond acceptors (Lipinski definition) is 7. The second kappa shape index (κ2) is 5.82. The Morgan fingerprint density at radius 3 is 3.05 bits per heavy atom. The van der Waals surface area contributed by atoms with Gasteiger partial charge >= 0.3 is 5.97 Å². The zero-order valence-electron chi connectivity index (χ0n) is 11.4. The first-order valence-electron chi connectivity index (χ1n) is 6.15. The molecule has 8 heteroatoms. The number of thioether (sulfide) groups is 1. The number of carbonyl (C=O) groups excluding carboxylic acids is 1. The van der Waals surface area contributed by atoms with Crippen molar-refractivity contribution in [2.75, 3.05) is 7.11 Å². The van der Waals surface area contributed by atoms with Crippen LogP contribution in [0.4, 0.5) is 0 Å². The quantitative estimate of drug-likeness (QED) is 0.543. The van der Waals surface area contributed by atoms with Crippen LogP contribution in [0.5, 0.6) is 0 Å². The molecule has 108 valence electrons. The Bertz CT molecular complexity index is 796. The highest BCUT2D eigenvalue weighted by molar-refractivity contribution is 8.00. The van der Waals surface area contributed by atoms with Crippen LogP contribution in [0.2, 0.25) is 0 Å². The maximum Gasteiger partial charge on any atom is 0.341 e. The molecule has 3 heterocycles. The maximum atomic E-state index is 11.7. The molecule has 0 aromatic carbocycles. The summed E-state index contributed by atoms with van der Waals surface area (Å²) in [6.07, 6.45) is 3.76. The first kappa shape index (κ1) is 14.0. The smallest absolute Gasteiger partial charge is 0.341 e. The molecule has 0 unspecified atom stereocenters. The first-order valence-corrected chi connectivity index (χ1v) is 7.95. The molecule has 3 aromatic rings. The molecule has 0 aliphatic rings. The average molecular weight is 320 g/mol. The molecule has 0 aliphatic carbocycles. The third-order valence-corrected chi connectivity index (χ3v) is 4.79. The Kier molecular flexibility index (Phi) is 3.89. The Labute approximate surface area is 129 Å². The Morgan fingerprint density at radius 1 is 1.48 bits per heavy atom. The average Bonchev–Trinajstić information content (AvgIpc) is 3.09. The number of aryl methyl sites for hydroxylation is 1. The highest BCUT2D eigenvalue weighted by Crippen LogP contribution is 2.25. The number of pyridine rings is 1. The number of hydrogen-bond donors (Lipinski definition) is 0. The van der Waals surface area contributed by atoms with Gasteiger partial charge < -0.3 is 9.14 Å². The van der Waals surface area contributed by atoms with Gasteiger partial charge in [-0.3, -0.25) is 0 Å². The zero-order valence-corrected chi connectivity index (χ0v) is 13.1. The number of aromatic nitrogens is 4. The van der Waals surface area contributed by atoms with Crippen LogP contribution in [-0.4, -0.2) is 32.7 Å². The van der Waals surface area contributed by atoms with Gasteiger partial charge in [-0.1, -0.05) is 23.1 Å². The summed E-state index contributed by atoms with van der Waals surface area (Å²) in [7, 11) is 1.36. The summed E-state index contributed by atoms with van der Waals surface area (Å²) in [5.41, 5.74) is 1.95. The van der Waals surface area contributed by atoms with Crippen LogP contribution in [0.1, 0.15) is 21.1 Å². The van der Waals surface area contributed by atoms with Gasteiger partial charge in [0.1, 0.15) is 10.6 Å². The van der Waals surface area contributed by atoms with Crippen LogP contribution < -0.4 is 0 Å². The van der Waals surface area contributed by atoms with Crippen molar-refractivity contribution >= 4 is 34.7 Å². The molecule has 3 rings (SSSR count). The summed E-state index contributed by atoms with van der Waals surface area (Å²) in [6, 6.07) is 3.51. The van der Waals surface area contributed by atoms with Gasteiger partial charge in [0.15, 0.2) is 9.99 Å². The van der Waals surface area contributed by atoms with Crippen LogP contribution >= 0.6 is 23.1 Å². The molecular weight excluding hydrogens is 308 g/mol. The lowest BCUT2D eigenvalue weighted by atomic mass is 10.3. The molecule has 0 fully saturated rings. The summed E-state index contributed by atoms with van der Waals surface area (Å²) < 4.78 is 7.51. The van der Waals surface area contributed by atoms with Gasteiger partial charge in [0, 0.05) is 18.1 Å². The first-order chi connectivity index (χ1) is 10.2. The Balaban J connectivity index is 1.85. The second-order valence-corrected chi connectivity index (χ2v) is 6.66. The lowest BCUT2D eigenvalue weighted by molar-refractivity contribution is 0.0602. The molecule has 0 radical (unpaired) electrons. The fourth-order valence-corrected chi connectivity index (χ4v) is 3.57. The molecule has 0 spiro atoms. The van der Waals surface area contributed by atoms with E-state index in [2.05, 4.69) is 15.2 Å². The Morgan fingerprint density at radius 2 is 2.33 bits per heavy atom. The van der Waals surface area contributed by atoms with Crippen LogP contribution in [0.25, 0.3) is 5.65 Å². The summed E-state index contributed by atoms with van der Waals surface area (Å²) in [5, 5.41) is 8.99. The molecule has 0 saturated heterocycles. The van der Waals surface area contributed by atoms with Gasteiger partial charge in [0.2, 0.25) is 0 Å². The summed E-state index contributed by atoms with van der Waals surface area (Å²) in [5.74, 6) is 0.293. The van der Waals surface area contributed by atoms with Crippen molar-refractivity contribution in [2.24, 2.45) is 0 Å². The van der Waals surface area contributed by atoms with E-state index in [0.717, 1.165) is 15.0 Å². The number of rotatable bonds is 4. The van der Waals surface area contributed by atoms with Gasteiger partial charge in [-0.05, 0) is 19.1 Å². The maximum absolute atomic E-state index is 11.7. The predicted molar refractivity (Wildman–Crippen MR) is 80.7 cm³/mol. The van der Waals surface area contributed by atoms with Gasteiger partial charge in [0.25, 0.3) is 0 Å². The molecule has 0 saturated carbocycles. The molecule has 0 bridgehead atoms. The van der Waals surface area contributed by atoms with E-state index in [9.17, 15) is 4.79 Å². The van der Waals surface area contributed by atoms with Crippen molar-refractivity contribution in [1.82, 2.24) is 19.6 Å². The number of methoxy groups -OCH3 is 1. The lowest BCUT2D eigenvalue weighted by Crippen LogP contribution is -2.03. The molecule has 21 heavy (non-hydrogen) atoms. The monoisotopic (exact) mass is 320 g/mol. The standard InChI is InChI=1S/C13H12N4O2S2/c1-8-15-16-13(21-8)20-7-9-6-17-5-3-4-10(11(17)14-9)12(18)19-2/h3-6H,7H2,1-2H3. The van der Waals surface area contributed by atoms with E-state index in [-0.39, 0.29) is 5.97 Å². The van der Waals surface area contributed by atoms with Crippen LogP contribution in [0.15, 0.2) is 28.9 Å². The molecule has 6 nitrogen and oxygen atoms in total. The van der Waals surface area contributed by atoms with E-state index >= 15 is 0 Å². The summed E-state index contributed by atoms with van der Waals surface area (Å²) in [6.45, 7) is 1.93. The van der Waals surface area contributed by atoms with E-state index in [1.54, 1.807) is 35.2 Å². The minimum Gasteiger partial charge on any atom is -0.465 e. The number of ether oxygens (including phenoxy) is 1. The van der Waals surface area contributed by atoms with Crippen molar-refractivity contribution in [3.05, 3.63) is 40.8 Å². The SMILES string of the molecule is COC(=O)c1cccn2cc(CSc3nnc(C)s3)nc12. The fourth-order valence-electron chi connectivity index (χ4n) is 1.88. The Hall–Kier alpha value is -1.93. The fraction of sp³-hybridized carbons (Fsp3) is 0.231. The highest BCUT2D eigenvalue weighted by Gasteiger charge is 2.13. The predicted octanol–water partition coefficient (Wildman–Crippen LogP) is 2.57. The summed E-state index contributed by atoms with van der Waals surface area (Å²) in [4.78, 5) is 16.2. The molecule has 0 N–H and O–H groups in total. The van der Waals surface area contributed by atoms with E-state index in [4.69, 9.17) is 4.74 Å². The highest BCUT2D eigenvalue weighted by atomic mass is 32.2. The lowest BCUT2D eigenvalue weighted by Gasteiger charge is -2.00. The van der Waals surface area contributed by atoms with Crippen molar-refractivity contribution in [1.29, 1.82) is 0 Å². The third-order valence-electron chi connectivity index (χ3n) is 2.79. The van der Waals surface area contributed by atoms with Gasteiger partial charge in [-0.2, -0.15) is 0 Å². The normalized spacial score (nSPS) is 11.0. The van der Waals surface area contributed by atoms with E-state index < -0.39 is 0 Å². The second-order valence-electron chi connectivity index (χ2n) is 4.25. The molecular formula is C13H12N4O2S2. The number of imidazole rings is 1. The van der Waals surface area contributed by atoms with Crippen LogP contribution in [-0.2, 0) is 10.5 Å². The minimum atomic E-state index is -0.384. The third kappa shape index (κ3) is 2.91. The number of fused-ring (bicyclic) bond motifs is 1. The largest absolute Gasteiger partial charge is 0.465 e. The zero-order chi connectivity index (χ0) is 14.8. The molecule has 0 atom stereocenters. The van der Waals surface area contributed by atoms with E-state index in [0.29, 0.717) is 17.0 Å². The van der Waals surface area contributed by atoms with Crippen molar-refractivity contribution in [2.45, 2.75) is 17.0 Å². The molecule has 0 amide bonds. The molecule has 0 aliphatic heterocycles. The van der Waals surface area contributed by atoms with Crippen molar-refractivity contribution in [3.63, 3.8) is 0 Å². The van der Waals surface area contributed by atoms with Crippen LogP contribution in [0, 0.1) is 6.92 Å². The minimum absolute atomic E-state index is 0.384. The molecule has 3 aromatic heterocycles. The van der Waals surface area contributed by atoms with Crippen molar-refractivity contribution < 1.29 is 9.53 Å².